The van der Waals surface area contributed by atoms with Crippen LogP contribution in [0, 0.1) is 66.6 Å². The molecule has 56 heavy (non-hydrogen) atoms. The molecule has 3 aromatic carbocycles. The number of benzene rings is 3. The van der Waals surface area contributed by atoms with Gasteiger partial charge in [0.15, 0.2) is 0 Å². The first-order valence-electron chi connectivity index (χ1n) is 19.5. The van der Waals surface area contributed by atoms with Crippen LogP contribution in [0.5, 0.6) is 0 Å². The predicted molar refractivity (Wildman–Crippen MR) is 214 cm³/mol. The normalized spacial score (nSPS) is 20.9. The van der Waals surface area contributed by atoms with Gasteiger partial charge in [0.05, 0.1) is 22.8 Å². The number of likely N-dealkylation sites (tertiary alicyclic amines) is 1. The number of hydrogen-bond acceptors (Lipinski definition) is 6. The summed E-state index contributed by atoms with van der Waals surface area (Å²) in [5, 5.41) is 16.9. The lowest BCUT2D eigenvalue weighted by Gasteiger charge is -2.40. The average Bonchev–Trinajstić information content (AvgIpc) is 3.67. The van der Waals surface area contributed by atoms with Crippen molar-refractivity contribution in [3.63, 3.8) is 0 Å². The quantitative estimate of drug-likeness (QED) is 0.174. The maximum atomic E-state index is 13.2. The molecule has 9 nitrogen and oxygen atoms in total. The van der Waals surface area contributed by atoms with Gasteiger partial charge in [-0.05, 0) is 105 Å². The standard InChI is InChI=1S/C46H43ClN6O3/c1-29-30(2)53(50-44(29)37-18-19-38(23-48)41(47)22-37)27-34-14-10-32(11-15-34)7-6-31-8-12-33(13-9-31)24-51-25-35(26-51)16-17-36-4-3-5-39-40(36)28-52(46(39)56)42-20-21-43(54)49-45(42)55/h3-5,10-11,14-15,18-19,22,31,33,35,42H,8-9,12-13,20-21,24-28H2,1-2H3,(H,49,54,55). The number of nitrogens with zero attached hydrogens (tertiary/aromatic N) is 5. The van der Waals surface area contributed by atoms with E-state index in [1.807, 2.05) is 28.9 Å². The fraction of sp³-hybridized carbons (Fsp3) is 0.370. The highest BCUT2D eigenvalue weighted by Crippen LogP contribution is 2.33. The van der Waals surface area contributed by atoms with Crippen molar-refractivity contribution in [3.8, 4) is 41.0 Å². The van der Waals surface area contributed by atoms with Gasteiger partial charge >= 0.3 is 0 Å². The van der Waals surface area contributed by atoms with Gasteiger partial charge in [0.1, 0.15) is 12.1 Å². The minimum atomic E-state index is -0.623. The zero-order chi connectivity index (χ0) is 38.9. The Balaban J connectivity index is 0.787. The van der Waals surface area contributed by atoms with Crippen LogP contribution in [0.4, 0.5) is 0 Å². The average molecular weight is 763 g/mol. The maximum Gasteiger partial charge on any atom is 0.255 e. The summed E-state index contributed by atoms with van der Waals surface area (Å²) in [4.78, 5) is 41.3. The van der Waals surface area contributed by atoms with Gasteiger partial charge in [-0.3, -0.25) is 24.4 Å². The second-order valence-corrected chi connectivity index (χ2v) is 16.0. The molecule has 4 heterocycles. The SMILES string of the molecule is Cc1c(-c2ccc(C#N)c(Cl)c2)nn(Cc2ccc(C#CC3CCC(CN4CC(C#Cc5cccc6c5CN(C5CCC(=O)NC5=O)C6=O)C4)CC3)cc2)c1C. The number of piperidine rings is 1. The van der Waals surface area contributed by atoms with Crippen LogP contribution in [0.1, 0.15) is 88.0 Å². The maximum absolute atomic E-state index is 13.2. The Kier molecular flexibility index (Phi) is 10.5. The highest BCUT2D eigenvalue weighted by Gasteiger charge is 2.40. The number of hydrogen-bond donors (Lipinski definition) is 1. The Morgan fingerprint density at radius 3 is 2.39 bits per heavy atom. The van der Waals surface area contributed by atoms with Crippen molar-refractivity contribution in [2.75, 3.05) is 19.6 Å². The number of amides is 3. The lowest BCUT2D eigenvalue weighted by atomic mass is 9.81. The monoisotopic (exact) mass is 762 g/mol. The summed E-state index contributed by atoms with van der Waals surface area (Å²) in [6.45, 7) is 8.17. The van der Waals surface area contributed by atoms with Gasteiger partial charge in [-0.25, -0.2) is 0 Å². The second-order valence-electron chi connectivity index (χ2n) is 15.6. The van der Waals surface area contributed by atoms with Gasteiger partial charge in [0.25, 0.3) is 5.91 Å². The van der Waals surface area contributed by atoms with E-state index in [9.17, 15) is 19.6 Å². The molecule has 4 aromatic rings. The van der Waals surface area contributed by atoms with Crippen molar-refractivity contribution in [1.82, 2.24) is 24.9 Å². The summed E-state index contributed by atoms with van der Waals surface area (Å²) in [7, 11) is 0. The molecule has 0 spiro atoms. The molecule has 0 radical (unpaired) electrons. The van der Waals surface area contributed by atoms with Crippen LogP contribution in [0.25, 0.3) is 11.3 Å². The van der Waals surface area contributed by atoms with E-state index in [2.05, 4.69) is 78.1 Å². The highest BCUT2D eigenvalue weighted by atomic mass is 35.5. The summed E-state index contributed by atoms with van der Waals surface area (Å²) >= 11 is 6.30. The Hall–Kier alpha value is -5.66. The van der Waals surface area contributed by atoms with Crippen LogP contribution in [0.3, 0.4) is 0 Å². The number of carbonyl (C=O) groups excluding carboxylic acids is 3. The van der Waals surface area contributed by atoms with Crippen LogP contribution >= 0.6 is 11.6 Å². The molecule has 10 heteroatoms. The van der Waals surface area contributed by atoms with Gasteiger partial charge in [-0.2, -0.15) is 10.4 Å². The van der Waals surface area contributed by atoms with Crippen LogP contribution in [-0.4, -0.2) is 63.0 Å². The fourth-order valence-corrected chi connectivity index (χ4v) is 8.64. The molecular weight excluding hydrogens is 720 g/mol. The molecule has 1 N–H and O–H groups in total. The Labute approximate surface area is 333 Å². The summed E-state index contributed by atoms with van der Waals surface area (Å²) in [6, 6.07) is 21.0. The van der Waals surface area contributed by atoms with Crippen LogP contribution in [-0.2, 0) is 22.7 Å². The molecular formula is C46H43ClN6O3. The van der Waals surface area contributed by atoms with Crippen molar-refractivity contribution in [2.45, 2.75) is 71.5 Å². The first kappa shape index (κ1) is 37.3. The van der Waals surface area contributed by atoms with E-state index < -0.39 is 11.9 Å². The zero-order valence-electron chi connectivity index (χ0n) is 31.7. The Bertz CT molecular complexity index is 2390. The number of nitriles is 1. The van der Waals surface area contributed by atoms with Crippen molar-refractivity contribution in [2.24, 2.45) is 17.8 Å². The van der Waals surface area contributed by atoms with E-state index in [1.54, 1.807) is 17.0 Å². The molecule has 282 valence electrons. The topological polar surface area (TPSA) is 111 Å². The van der Waals surface area contributed by atoms with E-state index >= 15 is 0 Å². The fourth-order valence-electron chi connectivity index (χ4n) is 8.42. The molecule has 3 aliphatic heterocycles. The van der Waals surface area contributed by atoms with Crippen molar-refractivity contribution in [3.05, 3.63) is 110 Å². The highest BCUT2D eigenvalue weighted by molar-refractivity contribution is 6.32. The summed E-state index contributed by atoms with van der Waals surface area (Å²) in [5.41, 5.74) is 8.94. The first-order chi connectivity index (χ1) is 27.1. The van der Waals surface area contributed by atoms with Crippen molar-refractivity contribution < 1.29 is 14.4 Å². The third kappa shape index (κ3) is 7.74. The lowest BCUT2D eigenvalue weighted by Crippen LogP contribution is -2.52. The third-order valence-electron chi connectivity index (χ3n) is 11.9. The molecule has 4 aliphatic rings. The van der Waals surface area contributed by atoms with Crippen LogP contribution in [0.2, 0.25) is 5.02 Å². The smallest absolute Gasteiger partial charge is 0.255 e. The Morgan fingerprint density at radius 2 is 1.66 bits per heavy atom. The van der Waals surface area contributed by atoms with Gasteiger partial charge < -0.3 is 9.80 Å². The van der Waals surface area contributed by atoms with Crippen molar-refractivity contribution >= 4 is 29.3 Å². The molecule has 1 saturated carbocycles. The summed E-state index contributed by atoms with van der Waals surface area (Å²) in [6.07, 6.45) is 5.24. The molecule has 1 aliphatic carbocycles. The molecule has 1 unspecified atom stereocenters. The predicted octanol–water partition coefficient (Wildman–Crippen LogP) is 6.64. The Morgan fingerprint density at radius 1 is 0.893 bits per heavy atom. The lowest BCUT2D eigenvalue weighted by molar-refractivity contribution is -0.136. The molecule has 0 bridgehead atoms. The number of imide groups is 1. The van der Waals surface area contributed by atoms with E-state index in [-0.39, 0.29) is 18.2 Å². The van der Waals surface area contributed by atoms with E-state index in [4.69, 9.17) is 16.7 Å². The second kappa shape index (κ2) is 15.8. The van der Waals surface area contributed by atoms with Crippen molar-refractivity contribution in [1.29, 1.82) is 5.26 Å². The van der Waals surface area contributed by atoms with Gasteiger partial charge in [0, 0.05) is 72.4 Å². The summed E-state index contributed by atoms with van der Waals surface area (Å²) < 4.78 is 2.02. The van der Waals surface area contributed by atoms with Gasteiger partial charge in [-0.1, -0.05) is 59.5 Å². The van der Waals surface area contributed by atoms with Gasteiger partial charge in [0.2, 0.25) is 11.8 Å². The molecule has 3 amide bonds. The molecule has 1 aromatic heterocycles. The largest absolute Gasteiger partial charge is 0.322 e. The van der Waals surface area contributed by atoms with E-state index in [1.165, 1.54) is 12.8 Å². The zero-order valence-corrected chi connectivity index (χ0v) is 32.5. The van der Waals surface area contributed by atoms with Crippen LogP contribution < -0.4 is 5.32 Å². The number of rotatable bonds is 6. The number of aromatic nitrogens is 2. The number of nitrogens with one attached hydrogen (secondary N) is 1. The number of halogens is 1. The minimum Gasteiger partial charge on any atom is -0.322 e. The van der Waals surface area contributed by atoms with Crippen LogP contribution in [0.15, 0.2) is 60.7 Å². The minimum absolute atomic E-state index is 0.167. The molecule has 1 atom stereocenters. The van der Waals surface area contributed by atoms with Gasteiger partial charge in [-0.15, -0.1) is 0 Å². The summed E-state index contributed by atoms with van der Waals surface area (Å²) in [5.74, 6) is 14.4. The molecule has 2 saturated heterocycles. The van der Waals surface area contributed by atoms with E-state index in [0.717, 1.165) is 77.2 Å². The number of fused-ring (bicyclic) bond motifs is 1. The van der Waals surface area contributed by atoms with E-state index in [0.29, 0.717) is 53.4 Å². The third-order valence-corrected chi connectivity index (χ3v) is 12.2. The molecule has 8 rings (SSSR count). The molecule has 3 fully saturated rings. The first-order valence-corrected chi connectivity index (χ1v) is 19.9. The number of carbonyl (C=O) groups is 3.